The number of rotatable bonds is 6. The molecule has 13 nitrogen and oxygen atoms in total. The van der Waals surface area contributed by atoms with Gasteiger partial charge in [-0.2, -0.15) is 8.42 Å². The van der Waals surface area contributed by atoms with Gasteiger partial charge in [-0.1, -0.05) is 6.92 Å². The largest absolute Gasteiger partial charge is 0.707 e. The summed E-state index contributed by atoms with van der Waals surface area (Å²) in [6, 6.07) is 0. The number of carbonyl (C=O) groups excluding carboxylic acids is 1. The van der Waals surface area contributed by atoms with Gasteiger partial charge in [0, 0.05) is 13.0 Å². The molecule has 0 bridgehead atoms. The number of carboxylic acids is 1. The molecule has 3 unspecified atom stereocenters. The molecule has 2 saturated heterocycles. The van der Waals surface area contributed by atoms with Crippen LogP contribution in [0.1, 0.15) is 13.8 Å². The van der Waals surface area contributed by atoms with Gasteiger partial charge in [-0.15, -0.1) is 0 Å². The molecule has 2 aliphatic rings. The van der Waals surface area contributed by atoms with Gasteiger partial charge >= 0.3 is 0 Å². The molecule has 2 fully saturated rings. The lowest BCUT2D eigenvalue weighted by Gasteiger charge is -2.47. The van der Waals surface area contributed by atoms with Crippen LogP contribution in [0.4, 0.5) is 0 Å². The molecule has 2 aliphatic heterocycles. The van der Waals surface area contributed by atoms with Gasteiger partial charge in [-0.25, -0.2) is 0 Å². The second-order valence-corrected chi connectivity index (χ2v) is 8.31. The molecule has 164 valence electrons. The Bertz CT molecular complexity index is 654. The molecule has 0 aromatic rings. The summed E-state index contributed by atoms with van der Waals surface area (Å²) >= 11 is 0. The van der Waals surface area contributed by atoms with Gasteiger partial charge in [0.25, 0.3) is 10.1 Å². The van der Waals surface area contributed by atoms with E-state index in [0.717, 1.165) is 7.11 Å². The Balaban J connectivity index is 2.33. The lowest BCUT2D eigenvalue weighted by atomic mass is 9.90. The number of aliphatic hydroxyl groups excluding tert-OH is 3. The molecule has 0 aromatic carbocycles. The molecule has 14 heteroatoms. The highest BCUT2D eigenvalue weighted by Crippen LogP contribution is 2.33. The fourth-order valence-corrected chi connectivity index (χ4v) is 4.46. The van der Waals surface area contributed by atoms with Crippen molar-refractivity contribution in [2.75, 3.05) is 7.11 Å². The van der Waals surface area contributed by atoms with Gasteiger partial charge < -0.3 is 53.8 Å². The molecular weight excluding hydrogens is 408 g/mol. The summed E-state index contributed by atoms with van der Waals surface area (Å²) in [4.78, 5) is 11.2. The van der Waals surface area contributed by atoms with Crippen LogP contribution >= 0.6 is 0 Å². The number of carbonyl (C=O) groups is 1. The molecular formula is C14H22O13S-2. The van der Waals surface area contributed by atoms with E-state index in [9.17, 15) is 38.9 Å². The van der Waals surface area contributed by atoms with Gasteiger partial charge in [0.15, 0.2) is 12.6 Å². The number of ether oxygens (including phenoxy) is 4. The van der Waals surface area contributed by atoms with Crippen LogP contribution in [0.2, 0.25) is 0 Å². The summed E-state index contributed by atoms with van der Waals surface area (Å²) in [5.74, 6) is -2.75. The Morgan fingerprint density at radius 3 is 2.14 bits per heavy atom. The van der Waals surface area contributed by atoms with E-state index in [1.807, 2.05) is 0 Å². The number of hydrogen-bond donors (Lipinski definition) is 3. The van der Waals surface area contributed by atoms with E-state index in [-0.39, 0.29) is 0 Å². The fourth-order valence-electron chi connectivity index (χ4n) is 3.29. The lowest BCUT2D eigenvalue weighted by molar-refractivity contribution is -0.635. The van der Waals surface area contributed by atoms with Crippen LogP contribution in [0.25, 0.3) is 0 Å². The predicted molar refractivity (Wildman–Crippen MR) is 80.9 cm³/mol. The monoisotopic (exact) mass is 430 g/mol. The van der Waals surface area contributed by atoms with Crippen LogP contribution in [0.15, 0.2) is 0 Å². The zero-order valence-corrected chi connectivity index (χ0v) is 15.9. The Labute approximate surface area is 160 Å². The van der Waals surface area contributed by atoms with Crippen LogP contribution in [-0.4, -0.2) is 91.3 Å². The summed E-state index contributed by atoms with van der Waals surface area (Å²) < 4.78 is 47.9. The quantitative estimate of drug-likeness (QED) is 0.267. The second-order valence-electron chi connectivity index (χ2n) is 6.65. The first kappa shape index (κ1) is 23.3. The highest BCUT2D eigenvalue weighted by Gasteiger charge is 2.54. The number of carboxylic acid groups (broad SMARTS) is 1. The molecule has 10 atom stereocenters. The van der Waals surface area contributed by atoms with Crippen LogP contribution in [-0.2, 0) is 38.2 Å². The minimum atomic E-state index is -4.94. The molecule has 0 aromatic heterocycles. The standard InChI is InChI=1S/C14H24O13S/c1-4-6(15)7(16)14(25-9(4)12(18)19)26-10-5(2)24-13(23-3)8(17)11(10)28(21,22)27-20/h4-11,13-17,20H,1-3H3,(H,18,19)/p-2/t4-,5?,6-,7+,8-,9?,10-,11-,13?,14-/m0/s1. The molecule has 2 heterocycles. The molecule has 3 N–H and O–H groups in total. The molecule has 0 amide bonds. The van der Waals surface area contributed by atoms with E-state index < -0.39 is 76.5 Å². The van der Waals surface area contributed by atoms with Gasteiger partial charge in [0.05, 0.1) is 18.2 Å². The normalized spacial score (nSPS) is 45.0. The Kier molecular flexibility index (Phi) is 7.36. The smallest absolute Gasteiger partial charge is 0.267 e. The first-order valence-electron chi connectivity index (χ1n) is 8.25. The number of methoxy groups -OCH3 is 1. The highest BCUT2D eigenvalue weighted by molar-refractivity contribution is 7.87. The average molecular weight is 430 g/mol. The van der Waals surface area contributed by atoms with Crippen LogP contribution < -0.4 is 10.4 Å². The summed E-state index contributed by atoms with van der Waals surface area (Å²) in [5.41, 5.74) is 0. The number of aliphatic hydroxyl groups is 3. The minimum Gasteiger partial charge on any atom is -0.707 e. The number of aliphatic carboxylic acids is 1. The molecule has 0 saturated carbocycles. The van der Waals surface area contributed by atoms with Gasteiger partial charge in [0.2, 0.25) is 0 Å². The molecule has 0 spiro atoms. The van der Waals surface area contributed by atoms with Crippen molar-refractivity contribution in [2.45, 2.75) is 68.3 Å². The number of hydrogen-bond acceptors (Lipinski definition) is 13. The van der Waals surface area contributed by atoms with Crippen LogP contribution in [0.3, 0.4) is 0 Å². The molecule has 0 radical (unpaired) electrons. The first-order valence-corrected chi connectivity index (χ1v) is 9.72. The summed E-state index contributed by atoms with van der Waals surface area (Å²) in [6.45, 7) is 2.61. The van der Waals surface area contributed by atoms with E-state index in [2.05, 4.69) is 4.33 Å². The first-order chi connectivity index (χ1) is 13.0. The topological polar surface area (TPSA) is 204 Å². The van der Waals surface area contributed by atoms with Crippen LogP contribution in [0, 0.1) is 5.92 Å². The zero-order chi connectivity index (χ0) is 21.4. The van der Waals surface area contributed by atoms with Crippen molar-refractivity contribution in [2.24, 2.45) is 5.92 Å². The lowest BCUT2D eigenvalue weighted by Crippen LogP contribution is -2.65. The van der Waals surface area contributed by atoms with Crippen molar-refractivity contribution in [3.8, 4) is 0 Å². The summed E-state index contributed by atoms with van der Waals surface area (Å²) in [6.07, 6.45) is -13.0. The van der Waals surface area contributed by atoms with Gasteiger partial charge in [-0.3, -0.25) is 0 Å². The Hall–Kier alpha value is -0.940. The third-order valence-electron chi connectivity index (χ3n) is 4.86. The van der Waals surface area contributed by atoms with E-state index >= 15 is 0 Å². The second kappa shape index (κ2) is 8.83. The van der Waals surface area contributed by atoms with E-state index in [4.69, 9.17) is 18.9 Å². The van der Waals surface area contributed by atoms with E-state index in [1.54, 1.807) is 0 Å². The van der Waals surface area contributed by atoms with E-state index in [0.29, 0.717) is 0 Å². The maximum absolute atomic E-state index is 12.1. The maximum atomic E-state index is 12.1. The Morgan fingerprint density at radius 2 is 1.64 bits per heavy atom. The van der Waals surface area contributed by atoms with Crippen molar-refractivity contribution in [3.63, 3.8) is 0 Å². The van der Waals surface area contributed by atoms with Crippen molar-refractivity contribution >= 4 is 16.1 Å². The Morgan fingerprint density at radius 1 is 1.04 bits per heavy atom. The predicted octanol–water partition coefficient (Wildman–Crippen LogP) is -5.05. The van der Waals surface area contributed by atoms with Crippen LogP contribution in [0.5, 0.6) is 0 Å². The van der Waals surface area contributed by atoms with Crippen molar-refractivity contribution in [3.05, 3.63) is 0 Å². The van der Waals surface area contributed by atoms with Crippen molar-refractivity contribution in [1.29, 1.82) is 0 Å². The summed E-state index contributed by atoms with van der Waals surface area (Å²) in [7, 11) is -3.81. The fraction of sp³-hybridized carbons (Fsp3) is 0.929. The van der Waals surface area contributed by atoms with Gasteiger partial charge in [0.1, 0.15) is 29.7 Å². The average Bonchev–Trinajstić information content (AvgIpc) is 2.63. The third-order valence-corrected chi connectivity index (χ3v) is 6.26. The van der Waals surface area contributed by atoms with Crippen molar-refractivity contribution < 1.29 is 62.2 Å². The minimum absolute atomic E-state index is 1.06. The van der Waals surface area contributed by atoms with E-state index in [1.165, 1.54) is 13.8 Å². The summed E-state index contributed by atoms with van der Waals surface area (Å²) in [5, 5.41) is 50.3. The maximum Gasteiger partial charge on any atom is 0.267 e. The van der Waals surface area contributed by atoms with Crippen molar-refractivity contribution in [1.82, 2.24) is 0 Å². The van der Waals surface area contributed by atoms with Gasteiger partial charge in [-0.05, 0) is 6.92 Å². The molecule has 2 rings (SSSR count). The zero-order valence-electron chi connectivity index (χ0n) is 15.1. The third kappa shape index (κ3) is 4.30. The molecule has 28 heavy (non-hydrogen) atoms. The highest BCUT2D eigenvalue weighted by atomic mass is 32.2. The SMILES string of the molecule is COC1OC(C)[C@H](O[C@@H]2OC(C(=O)[O-])[C@@H](C)[C@H](O)[C@H]2O)[C@@H](S(=O)(=O)O[O-])[C@@H]1O. The molecule has 0 aliphatic carbocycles.